The van der Waals surface area contributed by atoms with Gasteiger partial charge in [0.2, 0.25) is 11.6 Å². The van der Waals surface area contributed by atoms with Gasteiger partial charge in [-0.1, -0.05) is 31.0 Å². The fourth-order valence-electron chi connectivity index (χ4n) is 3.89. The summed E-state index contributed by atoms with van der Waals surface area (Å²) in [6.07, 6.45) is 3.28. The Bertz CT molecular complexity index is 908. The number of halogens is 1. The topological polar surface area (TPSA) is 72.8 Å². The van der Waals surface area contributed by atoms with Crippen LogP contribution in [0.2, 0.25) is 0 Å². The van der Waals surface area contributed by atoms with Crippen molar-refractivity contribution in [2.45, 2.75) is 44.1 Å². The highest BCUT2D eigenvalue weighted by molar-refractivity contribution is 9.10. The molecule has 2 atom stereocenters. The highest BCUT2D eigenvalue weighted by Crippen LogP contribution is 2.34. The van der Waals surface area contributed by atoms with Crippen molar-refractivity contribution < 1.29 is 24.2 Å². The Balaban J connectivity index is 1.80. The Morgan fingerprint density at radius 3 is 2.48 bits per heavy atom. The fourth-order valence-corrected chi connectivity index (χ4v) is 4.44. The molecule has 1 N–H and O–H groups in total. The molecule has 5 nitrogen and oxygen atoms in total. The van der Waals surface area contributed by atoms with Gasteiger partial charge in [0, 0.05) is 29.5 Å². The summed E-state index contributed by atoms with van der Waals surface area (Å²) in [5.74, 6) is 0.0467. The van der Waals surface area contributed by atoms with Crippen LogP contribution in [0.1, 0.15) is 53.1 Å². The van der Waals surface area contributed by atoms with Crippen molar-refractivity contribution in [3.05, 3.63) is 57.6 Å². The zero-order valence-electron chi connectivity index (χ0n) is 16.6. The van der Waals surface area contributed by atoms with E-state index in [2.05, 4.69) is 15.9 Å². The lowest BCUT2D eigenvalue weighted by atomic mass is 9.81. The first kappa shape index (κ1) is 21.5. The molecule has 0 saturated heterocycles. The third-order valence-electron chi connectivity index (χ3n) is 5.47. The van der Waals surface area contributed by atoms with Crippen molar-refractivity contribution in [2.24, 2.45) is 0 Å². The normalized spacial score (nSPS) is 18.9. The number of carbonyl (C=O) groups is 2. The molecule has 29 heavy (non-hydrogen) atoms. The summed E-state index contributed by atoms with van der Waals surface area (Å²) in [4.78, 5) is 25.5. The van der Waals surface area contributed by atoms with Crippen LogP contribution in [0.5, 0.6) is 11.5 Å². The molecule has 0 radical (unpaired) electrons. The predicted molar refractivity (Wildman–Crippen MR) is 114 cm³/mol. The third-order valence-corrected chi connectivity index (χ3v) is 6.09. The monoisotopic (exact) mass is 460 g/mol. The number of ether oxygens (including phenoxy) is 2. The second kappa shape index (κ2) is 9.55. The van der Waals surface area contributed by atoms with Gasteiger partial charge in [0.15, 0.2) is 0 Å². The van der Waals surface area contributed by atoms with E-state index in [0.29, 0.717) is 27.1 Å². The Labute approximate surface area is 179 Å². The van der Waals surface area contributed by atoms with Crippen LogP contribution in [0.15, 0.2) is 40.9 Å². The van der Waals surface area contributed by atoms with Gasteiger partial charge in [-0.25, -0.2) is 0 Å². The van der Waals surface area contributed by atoms with Crippen molar-refractivity contribution in [3.8, 4) is 11.5 Å². The Kier molecular flexibility index (Phi) is 7.09. The summed E-state index contributed by atoms with van der Waals surface area (Å²) in [6.45, 7) is 0. The van der Waals surface area contributed by atoms with Gasteiger partial charge in [-0.05, 0) is 46.5 Å². The van der Waals surface area contributed by atoms with Gasteiger partial charge in [-0.2, -0.15) is 0 Å². The number of methoxy groups -OCH3 is 2. The molecule has 0 amide bonds. The van der Waals surface area contributed by atoms with E-state index in [1.807, 2.05) is 6.07 Å². The molecular weight excluding hydrogens is 436 g/mol. The van der Waals surface area contributed by atoms with Gasteiger partial charge in [0.25, 0.3) is 0 Å². The van der Waals surface area contributed by atoms with E-state index in [0.717, 1.165) is 31.2 Å². The highest BCUT2D eigenvalue weighted by atomic mass is 79.9. The number of aliphatic hydroxyl groups excluding tert-OH is 1. The average Bonchev–Trinajstić information content (AvgIpc) is 2.73. The number of benzene rings is 2. The Hall–Kier alpha value is -2.18. The fraction of sp³-hybridized carbons (Fsp3) is 0.391. The molecular formula is C23H25BrO5. The van der Waals surface area contributed by atoms with Gasteiger partial charge < -0.3 is 14.6 Å². The summed E-state index contributed by atoms with van der Waals surface area (Å²) >= 11 is 3.40. The minimum Gasteiger partial charge on any atom is -0.496 e. The summed E-state index contributed by atoms with van der Waals surface area (Å²) in [7, 11) is 3.06. The third kappa shape index (κ3) is 4.87. The number of ketones is 2. The van der Waals surface area contributed by atoms with E-state index in [-0.39, 0.29) is 12.3 Å². The number of carbonyl (C=O) groups excluding carboxylic acids is 2. The van der Waals surface area contributed by atoms with E-state index in [4.69, 9.17) is 9.47 Å². The van der Waals surface area contributed by atoms with Crippen molar-refractivity contribution >= 4 is 27.5 Å². The van der Waals surface area contributed by atoms with E-state index in [1.54, 1.807) is 37.4 Å². The van der Waals surface area contributed by atoms with Gasteiger partial charge >= 0.3 is 0 Å². The van der Waals surface area contributed by atoms with Crippen molar-refractivity contribution in [1.29, 1.82) is 0 Å². The molecule has 0 spiro atoms. The summed E-state index contributed by atoms with van der Waals surface area (Å²) in [6, 6.07) is 10.5. The molecule has 1 saturated carbocycles. The van der Waals surface area contributed by atoms with E-state index in [9.17, 15) is 14.7 Å². The number of Topliss-reactive ketones (excluding diaryl/α,β-unsaturated/α-hetero) is 2. The summed E-state index contributed by atoms with van der Waals surface area (Å²) in [5, 5.41) is 10.3. The molecule has 0 aliphatic heterocycles. The minimum absolute atomic E-state index is 0.0178. The smallest absolute Gasteiger partial charge is 0.228 e. The quantitative estimate of drug-likeness (QED) is 0.486. The summed E-state index contributed by atoms with van der Waals surface area (Å²) < 4.78 is 11.3. The predicted octanol–water partition coefficient (Wildman–Crippen LogP) is 4.48. The summed E-state index contributed by atoms with van der Waals surface area (Å²) in [5.41, 5.74) is 1.88. The van der Waals surface area contributed by atoms with Crippen LogP contribution in [0.25, 0.3) is 0 Å². The first-order valence-electron chi connectivity index (χ1n) is 9.70. The van der Waals surface area contributed by atoms with E-state index >= 15 is 0 Å². The second-order valence-corrected chi connectivity index (χ2v) is 8.17. The molecule has 154 valence electrons. The molecule has 0 heterocycles. The van der Waals surface area contributed by atoms with Crippen LogP contribution < -0.4 is 9.47 Å². The molecule has 1 aliphatic rings. The largest absolute Gasteiger partial charge is 0.496 e. The second-order valence-electron chi connectivity index (χ2n) is 7.31. The van der Waals surface area contributed by atoms with Crippen LogP contribution >= 0.6 is 15.9 Å². The van der Waals surface area contributed by atoms with Crippen molar-refractivity contribution in [3.63, 3.8) is 0 Å². The molecule has 0 unspecified atom stereocenters. The maximum absolute atomic E-state index is 12.8. The molecule has 2 aromatic carbocycles. The first-order valence-corrected chi connectivity index (χ1v) is 10.5. The molecule has 6 heteroatoms. The number of aliphatic hydroxyl groups is 1. The molecule has 2 aromatic rings. The van der Waals surface area contributed by atoms with Crippen LogP contribution in [0.4, 0.5) is 0 Å². The SMILES string of the molecule is COc1cc(OC)c(CC(=O)C(=O)c2cccc([C@H]3CCCC[C@H]3O)c2)cc1Br. The lowest BCUT2D eigenvalue weighted by molar-refractivity contribution is -0.114. The standard InChI is InChI=1S/C23H25BrO5/c1-28-21-13-22(29-2)18(24)11-16(21)12-20(26)23(27)15-7-5-6-14(10-15)17-8-3-4-9-19(17)25/h5-7,10-11,13,17,19,25H,3-4,8-9,12H2,1-2H3/t17-,19-/m1/s1. The molecule has 1 aliphatic carbocycles. The van der Waals surface area contributed by atoms with Crippen LogP contribution in [0.3, 0.4) is 0 Å². The zero-order chi connectivity index (χ0) is 21.0. The lowest BCUT2D eigenvalue weighted by Crippen LogP contribution is -2.23. The van der Waals surface area contributed by atoms with Crippen LogP contribution in [-0.2, 0) is 11.2 Å². The van der Waals surface area contributed by atoms with E-state index < -0.39 is 17.7 Å². The minimum atomic E-state index is -0.536. The lowest BCUT2D eigenvalue weighted by Gasteiger charge is -2.28. The van der Waals surface area contributed by atoms with Crippen molar-refractivity contribution in [2.75, 3.05) is 14.2 Å². The van der Waals surface area contributed by atoms with E-state index in [1.165, 1.54) is 7.11 Å². The maximum Gasteiger partial charge on any atom is 0.228 e. The maximum atomic E-state index is 12.8. The molecule has 0 aromatic heterocycles. The number of hydrogen-bond acceptors (Lipinski definition) is 5. The highest BCUT2D eigenvalue weighted by Gasteiger charge is 2.26. The van der Waals surface area contributed by atoms with Crippen LogP contribution in [-0.4, -0.2) is 37.0 Å². The Morgan fingerprint density at radius 1 is 1.07 bits per heavy atom. The molecule has 0 bridgehead atoms. The Morgan fingerprint density at radius 2 is 1.79 bits per heavy atom. The first-order chi connectivity index (χ1) is 13.9. The van der Waals surface area contributed by atoms with Crippen molar-refractivity contribution in [1.82, 2.24) is 0 Å². The van der Waals surface area contributed by atoms with Gasteiger partial charge in [0.1, 0.15) is 11.5 Å². The average molecular weight is 461 g/mol. The van der Waals surface area contributed by atoms with Gasteiger partial charge in [0.05, 0.1) is 24.8 Å². The number of rotatable bonds is 7. The van der Waals surface area contributed by atoms with Gasteiger partial charge in [-0.3, -0.25) is 9.59 Å². The zero-order valence-corrected chi connectivity index (χ0v) is 18.2. The number of hydrogen-bond donors (Lipinski definition) is 1. The van der Waals surface area contributed by atoms with Gasteiger partial charge in [-0.15, -0.1) is 0 Å². The molecule has 1 fully saturated rings. The molecule has 3 rings (SSSR count). The van der Waals surface area contributed by atoms with Crippen LogP contribution in [0, 0.1) is 0 Å².